The van der Waals surface area contributed by atoms with Crippen LogP contribution < -0.4 is 18.6 Å². The van der Waals surface area contributed by atoms with Crippen LogP contribution in [0.2, 0.25) is 0 Å². The van der Waals surface area contributed by atoms with Gasteiger partial charge in [0, 0.05) is 0 Å². The van der Waals surface area contributed by atoms with E-state index in [1.807, 2.05) is 48.5 Å². The fourth-order valence-electron chi connectivity index (χ4n) is 2.24. The molecular formula is C15H28ClNO8. The SMILES string of the molecule is C[C@H]1C[N+]1(CC(=O)OC(C)(C)C)CC(=O)OC(C)(C)C.[O-][Cl+3]([O-])([O-])[O-]. The van der Waals surface area contributed by atoms with E-state index in [0.29, 0.717) is 10.5 Å². The number of halogens is 1. The first-order valence-electron chi connectivity index (χ1n) is 7.74. The normalized spacial score (nSPS) is 19.4. The Morgan fingerprint density at radius 1 is 0.920 bits per heavy atom. The molecule has 1 saturated heterocycles. The molecular weight excluding hydrogens is 358 g/mol. The third kappa shape index (κ3) is 13.0. The lowest BCUT2D eigenvalue weighted by molar-refractivity contribution is -2.00. The monoisotopic (exact) mass is 385 g/mol. The second-order valence-corrected chi connectivity index (χ2v) is 8.87. The molecule has 1 rings (SSSR count). The van der Waals surface area contributed by atoms with Crippen LogP contribution in [-0.2, 0) is 19.1 Å². The van der Waals surface area contributed by atoms with Crippen LogP contribution in [0.4, 0.5) is 0 Å². The lowest BCUT2D eigenvalue weighted by atomic mass is 10.2. The van der Waals surface area contributed by atoms with Crippen molar-refractivity contribution in [1.82, 2.24) is 0 Å². The average Bonchev–Trinajstić information content (AvgIpc) is 2.77. The molecule has 25 heavy (non-hydrogen) atoms. The van der Waals surface area contributed by atoms with Gasteiger partial charge in [0.1, 0.15) is 23.8 Å². The summed E-state index contributed by atoms with van der Waals surface area (Å²) in [4.78, 5) is 23.9. The van der Waals surface area contributed by atoms with Crippen LogP contribution in [0.25, 0.3) is 0 Å². The molecule has 1 fully saturated rings. The summed E-state index contributed by atoms with van der Waals surface area (Å²) >= 11 is 0. The summed E-state index contributed by atoms with van der Waals surface area (Å²) in [5.41, 5.74) is -0.988. The molecule has 0 aliphatic carbocycles. The Morgan fingerprint density at radius 2 is 1.16 bits per heavy atom. The first-order valence-corrected chi connectivity index (χ1v) is 8.98. The van der Waals surface area contributed by atoms with E-state index in [9.17, 15) is 9.59 Å². The van der Waals surface area contributed by atoms with Gasteiger partial charge in [-0.3, -0.25) is 4.48 Å². The van der Waals surface area contributed by atoms with Crippen molar-refractivity contribution in [1.29, 1.82) is 0 Å². The number of hydrogen-bond acceptors (Lipinski definition) is 8. The molecule has 0 spiro atoms. The van der Waals surface area contributed by atoms with E-state index in [0.717, 1.165) is 6.54 Å². The molecule has 0 amide bonds. The summed E-state index contributed by atoms with van der Waals surface area (Å²) in [5.74, 6) is -0.518. The van der Waals surface area contributed by atoms with E-state index in [4.69, 9.17) is 28.1 Å². The lowest BCUT2D eigenvalue weighted by Crippen LogP contribution is -2.68. The van der Waals surface area contributed by atoms with Crippen molar-refractivity contribution in [2.75, 3.05) is 19.6 Å². The fourth-order valence-corrected chi connectivity index (χ4v) is 2.24. The van der Waals surface area contributed by atoms with Crippen molar-refractivity contribution in [2.24, 2.45) is 0 Å². The van der Waals surface area contributed by atoms with Crippen molar-refractivity contribution < 1.29 is 52.4 Å². The topological polar surface area (TPSA) is 145 Å². The standard InChI is InChI=1S/C15H28NO4.ClHO4/c1-11-8-16(11,9-12(17)19-14(2,3)4)10-13(18)20-15(5,6)7;2-1(3,4)5/h11H,8-10H2,1-7H3;(H,2,3,4,5)/q+1;/p-1/t11-;/m0./s1. The summed E-state index contributed by atoms with van der Waals surface area (Å²) < 4.78 is 45.1. The van der Waals surface area contributed by atoms with Gasteiger partial charge >= 0.3 is 11.9 Å². The van der Waals surface area contributed by atoms with Crippen LogP contribution in [0.5, 0.6) is 0 Å². The Bertz CT molecular complexity index is 439. The van der Waals surface area contributed by atoms with Crippen molar-refractivity contribution in [3.63, 3.8) is 0 Å². The Kier molecular flexibility index (Phi) is 7.83. The summed E-state index contributed by atoms with van der Waals surface area (Å²) in [6, 6.07) is 0.301. The summed E-state index contributed by atoms with van der Waals surface area (Å²) in [6.07, 6.45) is 0. The molecule has 0 aromatic heterocycles. The van der Waals surface area contributed by atoms with Crippen molar-refractivity contribution >= 4 is 11.9 Å². The molecule has 0 bridgehead atoms. The highest BCUT2D eigenvalue weighted by molar-refractivity contribution is 5.74. The molecule has 1 heterocycles. The van der Waals surface area contributed by atoms with Crippen LogP contribution in [0.15, 0.2) is 0 Å². The van der Waals surface area contributed by atoms with Crippen molar-refractivity contribution in [3.8, 4) is 0 Å². The van der Waals surface area contributed by atoms with Crippen LogP contribution in [-0.4, -0.2) is 53.3 Å². The van der Waals surface area contributed by atoms with Crippen LogP contribution >= 0.6 is 0 Å². The van der Waals surface area contributed by atoms with Crippen LogP contribution in [0.3, 0.4) is 0 Å². The fraction of sp³-hybridized carbons (Fsp3) is 0.867. The van der Waals surface area contributed by atoms with E-state index in [1.165, 1.54) is 0 Å². The maximum absolute atomic E-state index is 11.9. The lowest BCUT2D eigenvalue weighted by Gasteiger charge is -2.25. The minimum absolute atomic E-state index is 0.234. The Balaban J connectivity index is 0.00000101. The second-order valence-electron chi connectivity index (χ2n) is 8.12. The van der Waals surface area contributed by atoms with Gasteiger partial charge in [0.2, 0.25) is 0 Å². The van der Waals surface area contributed by atoms with E-state index >= 15 is 0 Å². The zero-order chi connectivity index (χ0) is 20.3. The van der Waals surface area contributed by atoms with Gasteiger partial charge < -0.3 is 9.47 Å². The highest BCUT2D eigenvalue weighted by Crippen LogP contribution is 2.31. The quantitative estimate of drug-likeness (QED) is 0.285. The summed E-state index contributed by atoms with van der Waals surface area (Å²) in [7, 11) is -4.94. The highest BCUT2D eigenvalue weighted by Gasteiger charge is 2.55. The van der Waals surface area contributed by atoms with Crippen LogP contribution in [0.1, 0.15) is 48.5 Å². The number of rotatable bonds is 4. The molecule has 0 saturated carbocycles. The zero-order valence-electron chi connectivity index (χ0n) is 15.8. The smallest absolute Gasteiger partial charge is 0.362 e. The average molecular weight is 386 g/mol. The van der Waals surface area contributed by atoms with E-state index in [1.54, 1.807) is 0 Å². The van der Waals surface area contributed by atoms with Gasteiger partial charge in [-0.05, 0) is 48.5 Å². The van der Waals surface area contributed by atoms with Gasteiger partial charge in [-0.25, -0.2) is 28.2 Å². The molecule has 0 aromatic carbocycles. The first kappa shape index (κ1) is 24.0. The number of quaternary nitrogens is 1. The molecule has 0 unspecified atom stereocenters. The molecule has 0 radical (unpaired) electrons. The van der Waals surface area contributed by atoms with Gasteiger partial charge in [0.25, 0.3) is 0 Å². The minimum atomic E-state index is -4.94. The molecule has 10 heteroatoms. The molecule has 1 atom stereocenters. The Hall–Kier alpha value is -0.970. The van der Waals surface area contributed by atoms with Crippen molar-refractivity contribution in [2.45, 2.75) is 65.7 Å². The maximum atomic E-state index is 11.9. The Morgan fingerprint density at radius 3 is 1.32 bits per heavy atom. The number of carbonyl (C=O) groups is 2. The Labute approximate surface area is 150 Å². The molecule has 1 aliphatic rings. The van der Waals surface area contributed by atoms with Gasteiger partial charge in [0.15, 0.2) is 13.1 Å². The first-order chi connectivity index (χ1) is 10.8. The molecule has 1 aliphatic heterocycles. The summed E-state index contributed by atoms with van der Waals surface area (Å²) in [5, 5.41) is 0. The second kappa shape index (κ2) is 8.15. The van der Waals surface area contributed by atoms with E-state index in [-0.39, 0.29) is 25.0 Å². The third-order valence-corrected chi connectivity index (χ3v) is 3.16. The van der Waals surface area contributed by atoms with Gasteiger partial charge in [0.05, 0.1) is 0 Å². The zero-order valence-corrected chi connectivity index (χ0v) is 16.5. The van der Waals surface area contributed by atoms with Gasteiger partial charge in [-0.1, -0.05) is 0 Å². The predicted octanol–water partition coefficient (Wildman–Crippen LogP) is -2.87. The third-order valence-electron chi connectivity index (χ3n) is 3.16. The number of ether oxygens (including phenoxy) is 2. The molecule has 0 aromatic rings. The van der Waals surface area contributed by atoms with Crippen LogP contribution in [0, 0.1) is 10.2 Å². The van der Waals surface area contributed by atoms with E-state index in [2.05, 4.69) is 0 Å². The minimum Gasteiger partial charge on any atom is -0.456 e. The molecule has 9 nitrogen and oxygen atoms in total. The molecule has 0 N–H and O–H groups in total. The maximum Gasteiger partial charge on any atom is 0.362 e. The predicted molar refractivity (Wildman–Crippen MR) is 76.0 cm³/mol. The molecule has 148 valence electrons. The highest BCUT2D eigenvalue weighted by atomic mass is 35.7. The largest absolute Gasteiger partial charge is 0.456 e. The number of nitrogens with zero attached hydrogens (tertiary/aromatic N) is 1. The number of carbonyl (C=O) groups excluding carboxylic acids is 2. The van der Waals surface area contributed by atoms with Gasteiger partial charge in [-0.2, -0.15) is 0 Å². The van der Waals surface area contributed by atoms with E-state index < -0.39 is 21.4 Å². The van der Waals surface area contributed by atoms with Crippen molar-refractivity contribution in [3.05, 3.63) is 0 Å². The number of hydrogen-bond donors (Lipinski definition) is 0. The summed E-state index contributed by atoms with van der Waals surface area (Å²) in [6.45, 7) is 14.4. The van der Waals surface area contributed by atoms with Gasteiger partial charge in [-0.15, -0.1) is 10.2 Å². The number of esters is 2.